The smallest absolute Gasteiger partial charge is 0.395 e. The van der Waals surface area contributed by atoms with E-state index in [4.69, 9.17) is 0 Å². The third-order valence-electron chi connectivity index (χ3n) is 1.81. The van der Waals surface area contributed by atoms with Gasteiger partial charge in [0.1, 0.15) is 0 Å². The maximum Gasteiger partial charge on any atom is 0.395 e. The number of aromatic hydroxyl groups is 1. The van der Waals surface area contributed by atoms with Crippen molar-refractivity contribution in [2.45, 2.75) is 26.9 Å². The van der Waals surface area contributed by atoms with Crippen LogP contribution in [0.4, 0.5) is 8.78 Å². The Kier molecular flexibility index (Phi) is 2.64. The number of benzene rings is 1. The summed E-state index contributed by atoms with van der Waals surface area (Å²) < 4.78 is 29.5. The van der Waals surface area contributed by atoms with Crippen molar-refractivity contribution in [1.82, 2.24) is 0 Å². The summed E-state index contributed by atoms with van der Waals surface area (Å²) >= 11 is 0. The quantitative estimate of drug-likeness (QED) is 0.798. The first-order valence-corrected chi connectivity index (χ1v) is 4.17. The highest BCUT2D eigenvalue weighted by atomic mass is 19.3. The first kappa shape index (κ1) is 10.8. The lowest BCUT2D eigenvalue weighted by Gasteiger charge is -2.16. The van der Waals surface area contributed by atoms with Gasteiger partial charge in [0.25, 0.3) is 0 Å². The summed E-state index contributed by atoms with van der Waals surface area (Å²) in [5.74, 6) is -0.385. The number of ether oxygens (including phenoxy) is 1. The van der Waals surface area contributed by atoms with Gasteiger partial charge in [-0.25, -0.2) is 0 Å². The maximum absolute atomic E-state index is 12.6. The molecule has 0 unspecified atom stereocenters. The molecule has 0 heterocycles. The number of phenols is 1. The fraction of sp³-hybridized carbons (Fsp3) is 0.400. The zero-order valence-corrected chi connectivity index (χ0v) is 8.27. The Morgan fingerprint density at radius 2 is 1.71 bits per heavy atom. The number of rotatable bonds is 2. The van der Waals surface area contributed by atoms with Crippen LogP contribution < -0.4 is 4.74 Å². The minimum absolute atomic E-state index is 0.155. The van der Waals surface area contributed by atoms with Gasteiger partial charge in [-0.05, 0) is 25.0 Å². The summed E-state index contributed by atoms with van der Waals surface area (Å²) in [5, 5.41) is 9.48. The largest absolute Gasteiger partial charge is 0.504 e. The lowest BCUT2D eigenvalue weighted by molar-refractivity contribution is -0.160. The molecule has 0 aliphatic rings. The minimum Gasteiger partial charge on any atom is -0.504 e. The van der Waals surface area contributed by atoms with Crippen molar-refractivity contribution in [1.29, 1.82) is 0 Å². The number of hydrogen-bond acceptors (Lipinski definition) is 2. The van der Waals surface area contributed by atoms with Gasteiger partial charge in [-0.2, -0.15) is 8.78 Å². The molecule has 2 nitrogen and oxygen atoms in total. The third-order valence-corrected chi connectivity index (χ3v) is 1.81. The van der Waals surface area contributed by atoms with E-state index in [2.05, 4.69) is 4.74 Å². The van der Waals surface area contributed by atoms with E-state index in [1.807, 2.05) is 0 Å². The summed E-state index contributed by atoms with van der Waals surface area (Å²) in [4.78, 5) is 0. The SMILES string of the molecule is Cc1ccc(C)c(OC(C)(F)F)c1O. The fourth-order valence-electron chi connectivity index (χ4n) is 1.08. The number of alkyl halides is 2. The first-order valence-electron chi connectivity index (χ1n) is 4.17. The van der Waals surface area contributed by atoms with Crippen LogP contribution in [0.1, 0.15) is 18.1 Å². The Labute approximate surface area is 81.1 Å². The van der Waals surface area contributed by atoms with Crippen LogP contribution in [-0.4, -0.2) is 11.2 Å². The van der Waals surface area contributed by atoms with Gasteiger partial charge >= 0.3 is 6.11 Å². The van der Waals surface area contributed by atoms with E-state index in [-0.39, 0.29) is 11.5 Å². The van der Waals surface area contributed by atoms with E-state index in [9.17, 15) is 13.9 Å². The van der Waals surface area contributed by atoms with Gasteiger partial charge in [-0.15, -0.1) is 0 Å². The summed E-state index contributed by atoms with van der Waals surface area (Å²) in [5.41, 5.74) is 0.990. The van der Waals surface area contributed by atoms with Crippen molar-refractivity contribution in [3.63, 3.8) is 0 Å². The Bertz CT molecular complexity index is 343. The van der Waals surface area contributed by atoms with E-state index in [1.165, 1.54) is 0 Å². The fourth-order valence-corrected chi connectivity index (χ4v) is 1.08. The van der Waals surface area contributed by atoms with E-state index in [0.717, 1.165) is 0 Å². The highest BCUT2D eigenvalue weighted by Gasteiger charge is 2.26. The molecule has 0 atom stereocenters. The number of halogens is 2. The van der Waals surface area contributed by atoms with Gasteiger partial charge in [0.2, 0.25) is 0 Å². The first-order chi connectivity index (χ1) is 6.31. The summed E-state index contributed by atoms with van der Waals surface area (Å²) in [6.45, 7) is 3.85. The van der Waals surface area contributed by atoms with Crippen molar-refractivity contribution >= 4 is 0 Å². The average molecular weight is 202 g/mol. The van der Waals surface area contributed by atoms with Crippen LogP contribution in [0.15, 0.2) is 12.1 Å². The second-order valence-electron chi connectivity index (χ2n) is 3.29. The van der Waals surface area contributed by atoms with Crippen molar-refractivity contribution in [2.75, 3.05) is 0 Å². The average Bonchev–Trinajstić information content (AvgIpc) is 2.04. The minimum atomic E-state index is -3.28. The van der Waals surface area contributed by atoms with E-state index in [1.54, 1.807) is 26.0 Å². The van der Waals surface area contributed by atoms with E-state index >= 15 is 0 Å². The van der Waals surface area contributed by atoms with Gasteiger partial charge in [0, 0.05) is 6.92 Å². The standard InChI is InChI=1S/C10H12F2O2/c1-6-4-5-7(2)9(8(6)13)14-10(3,11)12/h4-5,13H,1-3H3. The predicted molar refractivity (Wildman–Crippen MR) is 48.8 cm³/mol. The van der Waals surface area contributed by atoms with Gasteiger partial charge in [-0.3, -0.25) is 0 Å². The van der Waals surface area contributed by atoms with Crippen LogP contribution in [0.5, 0.6) is 11.5 Å². The molecule has 1 N–H and O–H groups in total. The van der Waals surface area contributed by atoms with Crippen LogP contribution in [0.3, 0.4) is 0 Å². The Balaban J connectivity index is 3.13. The maximum atomic E-state index is 12.6. The molecule has 0 fully saturated rings. The molecule has 0 radical (unpaired) electrons. The van der Waals surface area contributed by atoms with E-state index in [0.29, 0.717) is 18.1 Å². The zero-order chi connectivity index (χ0) is 10.9. The predicted octanol–water partition coefficient (Wildman–Crippen LogP) is 3.00. The lowest BCUT2D eigenvalue weighted by Crippen LogP contribution is -2.19. The van der Waals surface area contributed by atoms with Crippen LogP contribution >= 0.6 is 0 Å². The molecule has 4 heteroatoms. The van der Waals surface area contributed by atoms with Crippen molar-refractivity contribution < 1.29 is 18.6 Å². The topological polar surface area (TPSA) is 29.5 Å². The number of aryl methyl sites for hydroxylation is 2. The molecule has 1 aromatic rings. The lowest BCUT2D eigenvalue weighted by atomic mass is 10.1. The van der Waals surface area contributed by atoms with Gasteiger partial charge in [0.05, 0.1) is 0 Å². The zero-order valence-electron chi connectivity index (χ0n) is 8.27. The second-order valence-corrected chi connectivity index (χ2v) is 3.29. The van der Waals surface area contributed by atoms with Gasteiger partial charge < -0.3 is 9.84 Å². The van der Waals surface area contributed by atoms with E-state index < -0.39 is 6.11 Å². The summed E-state index contributed by atoms with van der Waals surface area (Å²) in [7, 11) is 0. The van der Waals surface area contributed by atoms with Crippen LogP contribution in [-0.2, 0) is 0 Å². The van der Waals surface area contributed by atoms with Crippen molar-refractivity contribution in [3.8, 4) is 11.5 Å². The molecule has 0 saturated heterocycles. The Hall–Kier alpha value is -1.32. The number of hydrogen-bond donors (Lipinski definition) is 1. The molecule has 0 aliphatic heterocycles. The van der Waals surface area contributed by atoms with Crippen molar-refractivity contribution in [3.05, 3.63) is 23.3 Å². The van der Waals surface area contributed by atoms with Crippen LogP contribution in [0.25, 0.3) is 0 Å². The molecular weight excluding hydrogens is 190 g/mol. The molecular formula is C10H12F2O2. The highest BCUT2D eigenvalue weighted by Crippen LogP contribution is 2.36. The molecule has 0 bridgehead atoms. The van der Waals surface area contributed by atoms with Crippen LogP contribution in [0.2, 0.25) is 0 Å². The Morgan fingerprint density at radius 3 is 2.21 bits per heavy atom. The molecule has 1 aromatic carbocycles. The molecule has 1 rings (SSSR count). The highest BCUT2D eigenvalue weighted by molar-refractivity contribution is 5.49. The second kappa shape index (κ2) is 3.44. The van der Waals surface area contributed by atoms with Gasteiger partial charge in [0.15, 0.2) is 11.5 Å². The molecule has 0 amide bonds. The third kappa shape index (κ3) is 2.34. The molecule has 0 aliphatic carbocycles. The number of phenolic OH excluding ortho intramolecular Hbond substituents is 1. The van der Waals surface area contributed by atoms with Crippen molar-refractivity contribution in [2.24, 2.45) is 0 Å². The molecule has 78 valence electrons. The molecule has 14 heavy (non-hydrogen) atoms. The molecule has 0 saturated carbocycles. The molecule has 0 aromatic heterocycles. The van der Waals surface area contributed by atoms with Crippen LogP contribution in [0, 0.1) is 13.8 Å². The Morgan fingerprint density at radius 1 is 1.21 bits per heavy atom. The normalized spacial score (nSPS) is 11.5. The summed E-state index contributed by atoms with van der Waals surface area (Å²) in [6.07, 6.45) is -3.28. The monoisotopic (exact) mass is 202 g/mol. The van der Waals surface area contributed by atoms with Gasteiger partial charge in [-0.1, -0.05) is 12.1 Å². The summed E-state index contributed by atoms with van der Waals surface area (Å²) in [6, 6.07) is 3.27. The molecule has 0 spiro atoms.